The minimum absolute atomic E-state index is 0.00941. The van der Waals surface area contributed by atoms with Gasteiger partial charge in [0.05, 0.1) is 5.92 Å². The summed E-state index contributed by atoms with van der Waals surface area (Å²) in [6, 6.07) is 3.20. The summed E-state index contributed by atoms with van der Waals surface area (Å²) < 4.78 is 32.1. The first-order valence-corrected chi connectivity index (χ1v) is 8.57. The molecule has 5 nitrogen and oxygen atoms in total. The second kappa shape index (κ2) is 7.37. The molecule has 0 bridgehead atoms. The Morgan fingerprint density at radius 1 is 1.08 bits per heavy atom. The second-order valence-corrected chi connectivity index (χ2v) is 6.76. The maximum Gasteiger partial charge on any atom is 0.306 e. The third-order valence-electron chi connectivity index (χ3n) is 5.07. The van der Waals surface area contributed by atoms with E-state index in [1.807, 2.05) is 0 Å². The monoisotopic (exact) mass is 353 g/mol. The zero-order valence-corrected chi connectivity index (χ0v) is 13.8. The standard InChI is InChI=1S/C18H21F2NO4/c19-13-3-4-16(15(20)10-13)25-14-5-7-21(8-6-14)17(22)11-1-2-12(9-11)18(23)24/h3-4,10-12,14H,1-2,5-9H2,(H,23,24)/t11-,12+/m0/s1. The molecule has 0 spiro atoms. The molecule has 1 saturated heterocycles. The van der Waals surface area contributed by atoms with E-state index in [9.17, 15) is 18.4 Å². The molecule has 2 atom stereocenters. The van der Waals surface area contributed by atoms with Gasteiger partial charge in [0.15, 0.2) is 11.6 Å². The fourth-order valence-electron chi connectivity index (χ4n) is 3.63. The Bertz CT molecular complexity index is 658. The van der Waals surface area contributed by atoms with Gasteiger partial charge in [-0.1, -0.05) is 0 Å². The molecule has 2 fully saturated rings. The molecule has 0 unspecified atom stereocenters. The van der Waals surface area contributed by atoms with Crippen LogP contribution in [-0.2, 0) is 9.59 Å². The summed E-state index contributed by atoms with van der Waals surface area (Å²) in [5, 5.41) is 9.04. The maximum absolute atomic E-state index is 13.6. The van der Waals surface area contributed by atoms with E-state index in [1.165, 1.54) is 6.07 Å². The van der Waals surface area contributed by atoms with Crippen LogP contribution < -0.4 is 4.74 Å². The predicted octanol–water partition coefficient (Wildman–Crippen LogP) is 2.84. The van der Waals surface area contributed by atoms with Gasteiger partial charge in [0, 0.05) is 37.9 Å². The number of hydrogen-bond donors (Lipinski definition) is 1. The molecule has 25 heavy (non-hydrogen) atoms. The Morgan fingerprint density at radius 2 is 1.76 bits per heavy atom. The molecule has 3 rings (SSSR count). The number of nitrogens with zero attached hydrogens (tertiary/aromatic N) is 1. The van der Waals surface area contributed by atoms with Crippen molar-refractivity contribution >= 4 is 11.9 Å². The molecule has 1 aliphatic heterocycles. The molecule has 2 aliphatic rings. The van der Waals surface area contributed by atoms with E-state index in [2.05, 4.69) is 0 Å². The molecule has 1 aromatic rings. The normalized spacial score (nSPS) is 24.3. The molecule has 1 saturated carbocycles. The van der Waals surface area contributed by atoms with Crippen LogP contribution in [0, 0.1) is 23.5 Å². The van der Waals surface area contributed by atoms with E-state index in [1.54, 1.807) is 4.90 Å². The van der Waals surface area contributed by atoms with E-state index in [-0.39, 0.29) is 23.7 Å². The molecular formula is C18H21F2NO4. The number of amides is 1. The van der Waals surface area contributed by atoms with Crippen molar-refractivity contribution in [1.82, 2.24) is 4.90 Å². The number of hydrogen-bond acceptors (Lipinski definition) is 3. The van der Waals surface area contributed by atoms with Gasteiger partial charge >= 0.3 is 5.97 Å². The van der Waals surface area contributed by atoms with Crippen LogP contribution in [0.5, 0.6) is 5.75 Å². The number of carbonyl (C=O) groups excluding carboxylic acids is 1. The number of carboxylic acids is 1. The van der Waals surface area contributed by atoms with E-state index in [0.29, 0.717) is 45.2 Å². The van der Waals surface area contributed by atoms with Gasteiger partial charge in [-0.2, -0.15) is 0 Å². The number of rotatable bonds is 4. The molecule has 0 aromatic heterocycles. The Labute approximate surface area is 144 Å². The van der Waals surface area contributed by atoms with Crippen molar-refractivity contribution in [2.45, 2.75) is 38.2 Å². The number of piperidine rings is 1. The third-order valence-corrected chi connectivity index (χ3v) is 5.07. The molecule has 7 heteroatoms. The highest BCUT2D eigenvalue weighted by molar-refractivity contribution is 5.81. The van der Waals surface area contributed by atoms with Crippen LogP contribution in [0.25, 0.3) is 0 Å². The lowest BCUT2D eigenvalue weighted by molar-refractivity contribution is -0.142. The van der Waals surface area contributed by atoms with Crippen molar-refractivity contribution in [3.05, 3.63) is 29.8 Å². The molecule has 1 N–H and O–H groups in total. The molecule has 0 radical (unpaired) electrons. The minimum atomic E-state index is -0.830. The minimum Gasteiger partial charge on any atom is -0.487 e. The largest absolute Gasteiger partial charge is 0.487 e. The Kier molecular flexibility index (Phi) is 5.20. The molecule has 136 valence electrons. The maximum atomic E-state index is 13.6. The van der Waals surface area contributed by atoms with Crippen LogP contribution in [0.2, 0.25) is 0 Å². The van der Waals surface area contributed by atoms with Crippen molar-refractivity contribution in [1.29, 1.82) is 0 Å². The van der Waals surface area contributed by atoms with Gasteiger partial charge in [0.25, 0.3) is 0 Å². The lowest BCUT2D eigenvalue weighted by atomic mass is 10.0. The number of halogens is 2. The van der Waals surface area contributed by atoms with Crippen molar-refractivity contribution < 1.29 is 28.2 Å². The molecule has 1 amide bonds. The van der Waals surface area contributed by atoms with E-state index < -0.39 is 23.5 Å². The third kappa shape index (κ3) is 4.08. The topological polar surface area (TPSA) is 66.8 Å². The average Bonchev–Trinajstić information content (AvgIpc) is 3.08. The SMILES string of the molecule is O=C(O)[C@@H]1CC[C@H](C(=O)N2CCC(Oc3ccc(F)cc3F)CC2)C1. The fourth-order valence-corrected chi connectivity index (χ4v) is 3.63. The number of aliphatic carboxylic acids is 1. The van der Waals surface area contributed by atoms with E-state index in [4.69, 9.17) is 9.84 Å². The zero-order valence-electron chi connectivity index (χ0n) is 13.8. The highest BCUT2D eigenvalue weighted by Gasteiger charge is 2.37. The van der Waals surface area contributed by atoms with Crippen LogP contribution in [0.1, 0.15) is 32.1 Å². The lowest BCUT2D eigenvalue weighted by Crippen LogP contribution is -2.44. The quantitative estimate of drug-likeness (QED) is 0.904. The first kappa shape index (κ1) is 17.6. The van der Waals surface area contributed by atoms with Crippen LogP contribution in [-0.4, -0.2) is 41.1 Å². The lowest BCUT2D eigenvalue weighted by Gasteiger charge is -2.33. The van der Waals surface area contributed by atoms with Crippen LogP contribution in [0.4, 0.5) is 8.78 Å². The van der Waals surface area contributed by atoms with Gasteiger partial charge in [0.2, 0.25) is 5.91 Å². The molecule has 1 heterocycles. The van der Waals surface area contributed by atoms with Gasteiger partial charge in [0.1, 0.15) is 11.9 Å². The van der Waals surface area contributed by atoms with E-state index >= 15 is 0 Å². The average molecular weight is 353 g/mol. The first-order valence-electron chi connectivity index (χ1n) is 8.57. The summed E-state index contributed by atoms with van der Waals surface area (Å²) in [6.45, 7) is 1.00. The number of carbonyl (C=O) groups is 2. The molecule has 1 aromatic carbocycles. The summed E-state index contributed by atoms with van der Waals surface area (Å²) >= 11 is 0. The second-order valence-electron chi connectivity index (χ2n) is 6.76. The number of likely N-dealkylation sites (tertiary alicyclic amines) is 1. The summed E-state index contributed by atoms with van der Waals surface area (Å²) in [6.07, 6.45) is 2.49. The van der Waals surface area contributed by atoms with Crippen LogP contribution >= 0.6 is 0 Å². The zero-order chi connectivity index (χ0) is 18.0. The first-order chi connectivity index (χ1) is 11.9. The summed E-state index contributed by atoms with van der Waals surface area (Å²) in [4.78, 5) is 25.3. The molecule has 1 aliphatic carbocycles. The number of ether oxygens (including phenoxy) is 1. The Morgan fingerprint density at radius 3 is 2.36 bits per heavy atom. The molecular weight excluding hydrogens is 332 g/mol. The van der Waals surface area contributed by atoms with Crippen molar-refractivity contribution in [3.63, 3.8) is 0 Å². The summed E-state index contributed by atoms with van der Waals surface area (Å²) in [7, 11) is 0. The number of benzene rings is 1. The van der Waals surface area contributed by atoms with Gasteiger partial charge in [-0.25, -0.2) is 8.78 Å². The van der Waals surface area contributed by atoms with Gasteiger partial charge in [-0.15, -0.1) is 0 Å². The van der Waals surface area contributed by atoms with E-state index in [0.717, 1.165) is 12.1 Å². The van der Waals surface area contributed by atoms with Crippen molar-refractivity contribution in [2.75, 3.05) is 13.1 Å². The smallest absolute Gasteiger partial charge is 0.306 e. The van der Waals surface area contributed by atoms with Gasteiger partial charge in [-0.3, -0.25) is 9.59 Å². The van der Waals surface area contributed by atoms with Crippen LogP contribution in [0.15, 0.2) is 18.2 Å². The highest BCUT2D eigenvalue weighted by Crippen LogP contribution is 2.33. The number of carboxylic acid groups (broad SMARTS) is 1. The summed E-state index contributed by atoms with van der Waals surface area (Å²) in [5.74, 6) is -2.82. The van der Waals surface area contributed by atoms with Crippen molar-refractivity contribution in [2.24, 2.45) is 11.8 Å². The van der Waals surface area contributed by atoms with Crippen molar-refractivity contribution in [3.8, 4) is 5.75 Å². The summed E-state index contributed by atoms with van der Waals surface area (Å²) in [5.41, 5.74) is 0. The van der Waals surface area contributed by atoms with Gasteiger partial charge < -0.3 is 14.7 Å². The Hall–Kier alpha value is -2.18. The fraction of sp³-hybridized carbons (Fsp3) is 0.556. The van der Waals surface area contributed by atoms with Crippen LogP contribution in [0.3, 0.4) is 0 Å². The van der Waals surface area contributed by atoms with Gasteiger partial charge in [-0.05, 0) is 31.4 Å². The Balaban J connectivity index is 1.50. The highest BCUT2D eigenvalue weighted by atomic mass is 19.1. The predicted molar refractivity (Wildman–Crippen MR) is 85.1 cm³/mol.